The number of thiazole rings is 1. The summed E-state index contributed by atoms with van der Waals surface area (Å²) in [7, 11) is -3.47. The molecule has 0 aliphatic heterocycles. The van der Waals surface area contributed by atoms with Crippen LogP contribution in [0.25, 0.3) is 11.3 Å². The van der Waals surface area contributed by atoms with Crippen molar-refractivity contribution in [3.8, 4) is 11.3 Å². The highest BCUT2D eigenvalue weighted by atomic mass is 32.2. The third kappa shape index (κ3) is 4.74. The number of amides is 1. The molecule has 0 saturated heterocycles. The number of rotatable bonds is 6. The largest absolute Gasteiger partial charge is 0.302 e. The lowest BCUT2D eigenvalue weighted by atomic mass is 9.90. The summed E-state index contributed by atoms with van der Waals surface area (Å²) in [5.41, 5.74) is 4.69. The zero-order valence-electron chi connectivity index (χ0n) is 15.9. The van der Waals surface area contributed by atoms with Crippen LogP contribution in [0.15, 0.2) is 58.8 Å². The molecule has 0 bridgehead atoms. The molecule has 29 heavy (non-hydrogen) atoms. The number of nitrogens with zero attached hydrogens (tertiary/aromatic N) is 1. The van der Waals surface area contributed by atoms with Crippen molar-refractivity contribution in [2.75, 3.05) is 11.1 Å². The fourth-order valence-electron chi connectivity index (χ4n) is 3.51. The second-order valence-electron chi connectivity index (χ2n) is 7.16. The molecule has 0 fully saturated rings. The highest BCUT2D eigenvalue weighted by Gasteiger charge is 2.17. The van der Waals surface area contributed by atoms with E-state index < -0.39 is 9.84 Å². The van der Waals surface area contributed by atoms with Gasteiger partial charge in [-0.25, -0.2) is 13.4 Å². The van der Waals surface area contributed by atoms with Crippen LogP contribution in [0.4, 0.5) is 5.13 Å². The molecule has 0 saturated carbocycles. The number of benzene rings is 2. The standard InChI is InChI=1S/C22H22N2O3S2/c25-21(12-13-29(26,27)19-8-2-1-3-9-19)24-22-23-20(15-28-22)18-11-10-16-6-4-5-7-17(16)14-18/h1-3,8-11,14-15H,4-7,12-13H2,(H,23,24,25). The van der Waals surface area contributed by atoms with Gasteiger partial charge in [-0.15, -0.1) is 11.3 Å². The predicted molar refractivity (Wildman–Crippen MR) is 116 cm³/mol. The van der Waals surface area contributed by atoms with Gasteiger partial charge in [0.15, 0.2) is 15.0 Å². The number of aromatic nitrogens is 1. The van der Waals surface area contributed by atoms with Crippen LogP contribution < -0.4 is 5.32 Å². The van der Waals surface area contributed by atoms with Crippen LogP contribution in [0, 0.1) is 0 Å². The summed E-state index contributed by atoms with van der Waals surface area (Å²) in [4.78, 5) is 17.0. The minimum absolute atomic E-state index is 0.106. The van der Waals surface area contributed by atoms with Gasteiger partial charge >= 0.3 is 0 Å². The van der Waals surface area contributed by atoms with E-state index in [2.05, 4.69) is 28.5 Å². The van der Waals surface area contributed by atoms with Crippen LogP contribution in [0.2, 0.25) is 0 Å². The van der Waals surface area contributed by atoms with Gasteiger partial charge in [-0.2, -0.15) is 0 Å². The van der Waals surface area contributed by atoms with Crippen molar-refractivity contribution in [3.05, 3.63) is 65.0 Å². The molecule has 2 aromatic carbocycles. The quantitative estimate of drug-likeness (QED) is 0.630. The molecule has 5 nitrogen and oxygen atoms in total. The first-order valence-corrected chi connectivity index (χ1v) is 12.2. The lowest BCUT2D eigenvalue weighted by molar-refractivity contribution is -0.115. The number of sulfone groups is 1. The van der Waals surface area contributed by atoms with Crippen molar-refractivity contribution in [2.45, 2.75) is 37.0 Å². The lowest BCUT2D eigenvalue weighted by Crippen LogP contribution is -2.17. The van der Waals surface area contributed by atoms with Gasteiger partial charge in [-0.05, 0) is 55.0 Å². The van der Waals surface area contributed by atoms with Gasteiger partial charge < -0.3 is 5.32 Å². The number of nitrogens with one attached hydrogen (secondary N) is 1. The van der Waals surface area contributed by atoms with Gasteiger partial charge in [0.05, 0.1) is 16.3 Å². The Morgan fingerprint density at radius 3 is 2.59 bits per heavy atom. The van der Waals surface area contributed by atoms with E-state index >= 15 is 0 Å². The van der Waals surface area contributed by atoms with E-state index in [-0.39, 0.29) is 23.0 Å². The monoisotopic (exact) mass is 426 g/mol. The molecule has 1 N–H and O–H groups in total. The smallest absolute Gasteiger partial charge is 0.227 e. The number of anilines is 1. The summed E-state index contributed by atoms with van der Waals surface area (Å²) in [6.45, 7) is 0. The Kier molecular flexibility index (Phi) is 5.78. The summed E-state index contributed by atoms with van der Waals surface area (Å²) in [5, 5.41) is 5.13. The van der Waals surface area contributed by atoms with E-state index in [1.807, 2.05) is 5.38 Å². The molecule has 7 heteroatoms. The van der Waals surface area contributed by atoms with Crippen LogP contribution in [0.1, 0.15) is 30.4 Å². The molecule has 0 atom stereocenters. The zero-order chi connectivity index (χ0) is 20.3. The van der Waals surface area contributed by atoms with Crippen LogP contribution in [0.3, 0.4) is 0 Å². The number of fused-ring (bicyclic) bond motifs is 1. The van der Waals surface area contributed by atoms with Crippen LogP contribution in [-0.2, 0) is 27.5 Å². The highest BCUT2D eigenvalue weighted by Crippen LogP contribution is 2.29. The van der Waals surface area contributed by atoms with Gasteiger partial charge in [0.2, 0.25) is 5.91 Å². The molecular weight excluding hydrogens is 404 g/mol. The van der Waals surface area contributed by atoms with E-state index in [4.69, 9.17) is 0 Å². The summed E-state index contributed by atoms with van der Waals surface area (Å²) >= 11 is 1.35. The molecule has 0 unspecified atom stereocenters. The van der Waals surface area contributed by atoms with Crippen LogP contribution in [-0.4, -0.2) is 25.1 Å². The van der Waals surface area contributed by atoms with Gasteiger partial charge in [0.25, 0.3) is 0 Å². The molecule has 1 aromatic heterocycles. The molecular formula is C22H22N2O3S2. The van der Waals surface area contributed by atoms with Crippen molar-refractivity contribution in [1.82, 2.24) is 4.98 Å². The van der Waals surface area contributed by atoms with Crippen molar-refractivity contribution < 1.29 is 13.2 Å². The zero-order valence-corrected chi connectivity index (χ0v) is 17.6. The highest BCUT2D eigenvalue weighted by molar-refractivity contribution is 7.91. The van der Waals surface area contributed by atoms with Gasteiger partial charge in [0.1, 0.15) is 0 Å². The Morgan fingerprint density at radius 2 is 1.79 bits per heavy atom. The second kappa shape index (κ2) is 8.47. The van der Waals surface area contributed by atoms with Crippen molar-refractivity contribution in [2.24, 2.45) is 0 Å². The Labute approximate surface area is 174 Å². The third-order valence-corrected chi connectivity index (χ3v) is 7.58. The van der Waals surface area contributed by atoms with Gasteiger partial charge in [-0.1, -0.05) is 30.3 Å². The summed E-state index contributed by atoms with van der Waals surface area (Å²) in [6.07, 6.45) is 4.61. The predicted octanol–water partition coefficient (Wildman–Crippen LogP) is 4.49. The van der Waals surface area contributed by atoms with E-state index in [9.17, 15) is 13.2 Å². The second-order valence-corrected chi connectivity index (χ2v) is 10.1. The number of aryl methyl sites for hydroxylation is 2. The molecule has 0 radical (unpaired) electrons. The topological polar surface area (TPSA) is 76.1 Å². The third-order valence-electron chi connectivity index (χ3n) is 5.09. The number of carbonyl (C=O) groups is 1. The van der Waals surface area contributed by atoms with Crippen molar-refractivity contribution in [3.63, 3.8) is 0 Å². The minimum atomic E-state index is -3.47. The minimum Gasteiger partial charge on any atom is -0.302 e. The maximum Gasteiger partial charge on any atom is 0.227 e. The van der Waals surface area contributed by atoms with Crippen LogP contribution in [0.5, 0.6) is 0 Å². The molecule has 0 spiro atoms. The lowest BCUT2D eigenvalue weighted by Gasteiger charge is -2.16. The van der Waals surface area contributed by atoms with E-state index in [1.165, 1.54) is 35.3 Å². The first-order valence-electron chi connectivity index (χ1n) is 9.67. The van der Waals surface area contributed by atoms with E-state index in [0.29, 0.717) is 5.13 Å². The van der Waals surface area contributed by atoms with Gasteiger partial charge in [0, 0.05) is 17.4 Å². The summed E-state index contributed by atoms with van der Waals surface area (Å²) in [6, 6.07) is 14.6. The van der Waals surface area contributed by atoms with E-state index in [1.54, 1.807) is 30.3 Å². The number of hydrogen-bond acceptors (Lipinski definition) is 5. The van der Waals surface area contributed by atoms with Crippen LogP contribution >= 0.6 is 11.3 Å². The molecule has 150 valence electrons. The van der Waals surface area contributed by atoms with E-state index in [0.717, 1.165) is 24.1 Å². The fourth-order valence-corrected chi connectivity index (χ4v) is 5.51. The molecule has 1 aliphatic rings. The summed E-state index contributed by atoms with van der Waals surface area (Å²) in [5.74, 6) is -0.581. The van der Waals surface area contributed by atoms with Crippen molar-refractivity contribution in [1.29, 1.82) is 0 Å². The Balaban J connectivity index is 1.38. The Bertz CT molecular complexity index is 1120. The van der Waals surface area contributed by atoms with Gasteiger partial charge in [-0.3, -0.25) is 4.79 Å². The van der Waals surface area contributed by atoms with Crippen molar-refractivity contribution >= 4 is 32.2 Å². The molecule has 3 aromatic rings. The normalized spacial score (nSPS) is 13.7. The maximum absolute atomic E-state index is 12.3. The molecule has 1 aliphatic carbocycles. The average Bonchev–Trinajstić information content (AvgIpc) is 3.21. The SMILES string of the molecule is O=C(CCS(=O)(=O)c1ccccc1)Nc1nc(-c2ccc3c(c2)CCCC3)cs1. The summed E-state index contributed by atoms with van der Waals surface area (Å²) < 4.78 is 24.6. The molecule has 1 amide bonds. The number of carbonyl (C=O) groups excluding carboxylic acids is 1. The number of hydrogen-bond donors (Lipinski definition) is 1. The maximum atomic E-state index is 12.3. The molecule has 1 heterocycles. The first kappa shape index (κ1) is 19.8. The average molecular weight is 427 g/mol. The fraction of sp³-hybridized carbons (Fsp3) is 0.273. The Morgan fingerprint density at radius 1 is 1.03 bits per heavy atom. The molecule has 4 rings (SSSR count). The first-order chi connectivity index (χ1) is 14.0. The Hall–Kier alpha value is -2.51.